The van der Waals surface area contributed by atoms with Crippen molar-refractivity contribution in [1.82, 2.24) is 19.3 Å². The third kappa shape index (κ3) is 3.71. The number of halogens is 1. The lowest BCUT2D eigenvalue weighted by atomic mass is 9.96. The first-order chi connectivity index (χ1) is 14.4. The van der Waals surface area contributed by atoms with Crippen molar-refractivity contribution in [3.05, 3.63) is 60.6 Å². The molecule has 1 fully saturated rings. The van der Waals surface area contributed by atoms with Crippen LogP contribution in [0.4, 0.5) is 10.2 Å². The van der Waals surface area contributed by atoms with E-state index in [1.165, 1.54) is 23.8 Å². The summed E-state index contributed by atoms with van der Waals surface area (Å²) in [5, 5.41) is 0. The molecule has 1 atom stereocenters. The number of pyridine rings is 1. The van der Waals surface area contributed by atoms with E-state index in [9.17, 15) is 12.8 Å². The second-order valence-corrected chi connectivity index (χ2v) is 8.84. The van der Waals surface area contributed by atoms with Crippen LogP contribution in [-0.2, 0) is 10.0 Å². The largest absolute Gasteiger partial charge is 0.495 e. The first-order valence-electron chi connectivity index (χ1n) is 9.25. The Bertz CT molecular complexity index is 1190. The number of nitrogens with zero attached hydrogens (tertiary/aromatic N) is 4. The molecule has 1 aliphatic heterocycles. The summed E-state index contributed by atoms with van der Waals surface area (Å²) >= 11 is 0. The molecular formula is C20H20FN5O3S. The molecule has 0 aliphatic carbocycles. The minimum atomic E-state index is -3.93. The van der Waals surface area contributed by atoms with Crippen molar-refractivity contribution >= 4 is 15.8 Å². The van der Waals surface area contributed by atoms with E-state index in [2.05, 4.69) is 15.0 Å². The molecule has 10 heteroatoms. The third-order valence-electron chi connectivity index (χ3n) is 5.12. The number of anilines is 1. The molecule has 4 rings (SSSR count). The topological polar surface area (TPSA) is 111 Å². The number of hydrogen-bond donors (Lipinski definition) is 1. The summed E-state index contributed by atoms with van der Waals surface area (Å²) in [5.41, 5.74) is 8.12. The highest BCUT2D eigenvalue weighted by Crippen LogP contribution is 2.36. The molecule has 3 aromatic rings. The molecule has 0 bridgehead atoms. The zero-order valence-corrected chi connectivity index (χ0v) is 17.0. The van der Waals surface area contributed by atoms with Crippen molar-refractivity contribution < 1.29 is 17.5 Å². The number of methoxy groups -OCH3 is 1. The van der Waals surface area contributed by atoms with Crippen LogP contribution < -0.4 is 10.5 Å². The monoisotopic (exact) mass is 429 g/mol. The lowest BCUT2D eigenvalue weighted by Crippen LogP contribution is -2.29. The predicted octanol–water partition coefficient (Wildman–Crippen LogP) is 2.45. The lowest BCUT2D eigenvalue weighted by Gasteiger charge is -2.19. The minimum absolute atomic E-state index is 0.106. The van der Waals surface area contributed by atoms with E-state index in [0.29, 0.717) is 12.2 Å². The van der Waals surface area contributed by atoms with Gasteiger partial charge in [-0.05, 0) is 42.3 Å². The van der Waals surface area contributed by atoms with E-state index in [1.54, 1.807) is 24.5 Å². The highest BCUT2D eigenvalue weighted by atomic mass is 32.2. The van der Waals surface area contributed by atoms with Crippen molar-refractivity contribution in [1.29, 1.82) is 0 Å². The Hall–Kier alpha value is -3.11. The van der Waals surface area contributed by atoms with Crippen LogP contribution in [0.25, 0.3) is 11.1 Å². The van der Waals surface area contributed by atoms with Crippen molar-refractivity contribution in [2.45, 2.75) is 17.2 Å². The molecule has 8 nitrogen and oxygen atoms in total. The summed E-state index contributed by atoms with van der Waals surface area (Å²) in [4.78, 5) is 12.3. The van der Waals surface area contributed by atoms with E-state index in [0.717, 1.165) is 29.0 Å². The van der Waals surface area contributed by atoms with Gasteiger partial charge in [-0.25, -0.2) is 27.8 Å². The van der Waals surface area contributed by atoms with Gasteiger partial charge >= 0.3 is 0 Å². The maximum absolute atomic E-state index is 13.7. The van der Waals surface area contributed by atoms with Crippen molar-refractivity contribution in [2.24, 2.45) is 0 Å². The second kappa shape index (κ2) is 7.96. The van der Waals surface area contributed by atoms with Gasteiger partial charge in [0.1, 0.15) is 28.6 Å². The Balaban J connectivity index is 1.66. The van der Waals surface area contributed by atoms with Gasteiger partial charge in [-0.2, -0.15) is 4.31 Å². The molecule has 0 saturated carbocycles. The fourth-order valence-corrected chi connectivity index (χ4v) is 5.33. The van der Waals surface area contributed by atoms with Crippen LogP contribution in [-0.4, -0.2) is 47.9 Å². The highest BCUT2D eigenvalue weighted by Gasteiger charge is 2.36. The molecule has 0 radical (unpaired) electrons. The molecule has 0 spiro atoms. The maximum atomic E-state index is 13.7. The molecule has 2 N–H and O–H groups in total. The summed E-state index contributed by atoms with van der Waals surface area (Å²) in [5.74, 6) is -0.309. The average molecular weight is 429 g/mol. The minimum Gasteiger partial charge on any atom is -0.495 e. The van der Waals surface area contributed by atoms with Crippen LogP contribution in [0, 0.1) is 5.82 Å². The molecule has 1 saturated heterocycles. The summed E-state index contributed by atoms with van der Waals surface area (Å²) in [6.45, 7) is 0.501. The van der Waals surface area contributed by atoms with Crippen LogP contribution in [0.5, 0.6) is 5.75 Å². The number of nitrogen functional groups attached to an aromatic ring is 1. The van der Waals surface area contributed by atoms with E-state index in [1.807, 2.05) is 0 Å². The van der Waals surface area contributed by atoms with E-state index in [-0.39, 0.29) is 29.7 Å². The molecule has 2 aromatic heterocycles. The number of benzene rings is 1. The standard InChI is InChI=1S/C20H20FN5O3S/c1-29-17-3-2-15(21)9-18(17)30(27,28)26-7-5-14(11-26)20-16(10-23-12-25-20)13-4-6-24-19(22)8-13/h2-4,6,8-10,12,14H,5,7,11H2,1H3,(H2,22,24)/t14-/m0/s1. The van der Waals surface area contributed by atoms with Crippen molar-refractivity contribution in [3.8, 4) is 16.9 Å². The Morgan fingerprint density at radius 1 is 1.23 bits per heavy atom. The van der Waals surface area contributed by atoms with Gasteiger partial charge in [-0.15, -0.1) is 0 Å². The van der Waals surface area contributed by atoms with Crippen LogP contribution in [0.2, 0.25) is 0 Å². The smallest absolute Gasteiger partial charge is 0.246 e. The highest BCUT2D eigenvalue weighted by molar-refractivity contribution is 7.89. The second-order valence-electron chi connectivity index (χ2n) is 6.93. The number of aromatic nitrogens is 3. The zero-order valence-electron chi connectivity index (χ0n) is 16.2. The van der Waals surface area contributed by atoms with E-state index in [4.69, 9.17) is 10.5 Å². The summed E-state index contributed by atoms with van der Waals surface area (Å²) in [7, 11) is -2.58. The fourth-order valence-electron chi connectivity index (χ4n) is 3.66. The molecule has 30 heavy (non-hydrogen) atoms. The van der Waals surface area contributed by atoms with Crippen LogP contribution >= 0.6 is 0 Å². The van der Waals surface area contributed by atoms with Gasteiger partial charge in [0.25, 0.3) is 0 Å². The van der Waals surface area contributed by atoms with Gasteiger partial charge in [0.2, 0.25) is 10.0 Å². The Labute approximate surface area is 173 Å². The van der Waals surface area contributed by atoms with Gasteiger partial charge in [0.15, 0.2) is 0 Å². The zero-order chi connectivity index (χ0) is 21.3. The van der Waals surface area contributed by atoms with E-state index < -0.39 is 15.8 Å². The van der Waals surface area contributed by atoms with Gasteiger partial charge in [0, 0.05) is 37.0 Å². The summed E-state index contributed by atoms with van der Waals surface area (Å²) in [6, 6.07) is 6.99. The number of hydrogen-bond acceptors (Lipinski definition) is 7. The summed E-state index contributed by atoms with van der Waals surface area (Å²) in [6.07, 6.45) is 5.30. The van der Waals surface area contributed by atoms with Gasteiger partial charge in [-0.1, -0.05) is 0 Å². The Kier molecular flexibility index (Phi) is 5.35. The fraction of sp³-hybridized carbons (Fsp3) is 0.250. The molecule has 1 aromatic carbocycles. The van der Waals surface area contributed by atoms with Gasteiger partial charge in [0.05, 0.1) is 12.8 Å². The molecule has 3 heterocycles. The van der Waals surface area contributed by atoms with Crippen molar-refractivity contribution in [3.63, 3.8) is 0 Å². The first kappa shape index (κ1) is 20.2. The number of nitrogens with two attached hydrogens (primary N) is 1. The normalized spacial score (nSPS) is 17.2. The molecule has 156 valence electrons. The third-order valence-corrected chi connectivity index (χ3v) is 7.00. The molecule has 0 unspecified atom stereocenters. The van der Waals surface area contributed by atoms with Crippen molar-refractivity contribution in [2.75, 3.05) is 25.9 Å². The Morgan fingerprint density at radius 2 is 2.07 bits per heavy atom. The average Bonchev–Trinajstić information content (AvgIpc) is 3.25. The maximum Gasteiger partial charge on any atom is 0.246 e. The van der Waals surface area contributed by atoms with Crippen LogP contribution in [0.3, 0.4) is 0 Å². The summed E-state index contributed by atoms with van der Waals surface area (Å²) < 4.78 is 46.5. The van der Waals surface area contributed by atoms with E-state index >= 15 is 0 Å². The van der Waals surface area contributed by atoms with Gasteiger partial charge in [-0.3, -0.25) is 0 Å². The predicted molar refractivity (Wildman–Crippen MR) is 109 cm³/mol. The molecule has 1 aliphatic rings. The lowest BCUT2D eigenvalue weighted by molar-refractivity contribution is 0.396. The quantitative estimate of drug-likeness (QED) is 0.663. The van der Waals surface area contributed by atoms with Crippen LogP contribution in [0.1, 0.15) is 18.0 Å². The SMILES string of the molecule is COc1ccc(F)cc1S(=O)(=O)N1CC[C@H](c2ncncc2-c2ccnc(N)c2)C1. The number of sulfonamides is 1. The van der Waals surface area contributed by atoms with Gasteiger partial charge < -0.3 is 10.5 Å². The molecule has 0 amide bonds. The first-order valence-corrected chi connectivity index (χ1v) is 10.7. The Morgan fingerprint density at radius 3 is 2.83 bits per heavy atom. The number of ether oxygens (including phenoxy) is 1. The number of rotatable bonds is 5. The molecular weight excluding hydrogens is 409 g/mol. The van der Waals surface area contributed by atoms with Crippen LogP contribution in [0.15, 0.2) is 53.9 Å².